The molecule has 78 valence electrons. The van der Waals surface area contributed by atoms with Crippen LogP contribution in [0.1, 0.15) is 5.56 Å². The van der Waals surface area contributed by atoms with E-state index in [1.807, 2.05) is 31.2 Å². The molecule has 0 fully saturated rings. The third-order valence-corrected chi connectivity index (χ3v) is 4.11. The van der Waals surface area contributed by atoms with E-state index in [-0.39, 0.29) is 0 Å². The second kappa shape index (κ2) is 4.16. The number of nitrogens with two attached hydrogens (primary N) is 1. The van der Waals surface area contributed by atoms with E-state index in [0.717, 1.165) is 30.5 Å². The Kier molecular flexibility index (Phi) is 3.05. The topological polar surface area (TPSA) is 26.0 Å². The number of benzene rings is 1. The lowest BCUT2D eigenvalue weighted by molar-refractivity contribution is 1.45. The van der Waals surface area contributed by atoms with E-state index < -0.39 is 0 Å². The summed E-state index contributed by atoms with van der Waals surface area (Å²) in [5.74, 6) is 0. The number of anilines is 1. The zero-order valence-corrected chi connectivity index (χ0v) is 11.2. The van der Waals surface area contributed by atoms with Crippen LogP contribution in [0.4, 0.5) is 5.69 Å². The van der Waals surface area contributed by atoms with Crippen LogP contribution in [0.15, 0.2) is 28.7 Å². The van der Waals surface area contributed by atoms with Crippen LogP contribution in [-0.2, 0) is 0 Å². The smallest absolute Gasteiger partial charge is 0.0934 e. The van der Waals surface area contributed by atoms with Crippen molar-refractivity contribution >= 4 is 44.6 Å². The molecule has 0 aliphatic rings. The molecule has 1 heterocycles. The molecule has 4 heteroatoms. The second-order valence-corrected chi connectivity index (χ2v) is 5.86. The first-order valence-electron chi connectivity index (χ1n) is 4.39. The van der Waals surface area contributed by atoms with E-state index in [1.54, 1.807) is 11.3 Å². The molecule has 0 aliphatic heterocycles. The van der Waals surface area contributed by atoms with Crippen molar-refractivity contribution in [3.05, 3.63) is 38.6 Å². The highest BCUT2D eigenvalue weighted by Crippen LogP contribution is 2.37. The van der Waals surface area contributed by atoms with Crippen LogP contribution in [0.25, 0.3) is 10.4 Å². The molecule has 0 spiro atoms. The fourth-order valence-electron chi connectivity index (χ4n) is 1.34. The summed E-state index contributed by atoms with van der Waals surface area (Å²) >= 11 is 11.0. The summed E-state index contributed by atoms with van der Waals surface area (Å²) in [6.45, 7) is 1.99. The fourth-order valence-corrected chi connectivity index (χ4v) is 3.21. The maximum atomic E-state index is 5.91. The number of hydrogen-bond acceptors (Lipinski definition) is 2. The molecule has 2 aromatic rings. The van der Waals surface area contributed by atoms with E-state index in [0.29, 0.717) is 0 Å². The van der Waals surface area contributed by atoms with Gasteiger partial charge >= 0.3 is 0 Å². The summed E-state index contributed by atoms with van der Waals surface area (Å²) in [4.78, 5) is 1.12. The average Bonchev–Trinajstić information content (AvgIpc) is 2.58. The lowest BCUT2D eigenvalue weighted by Gasteiger charge is -2.06. The molecule has 0 unspecified atom stereocenters. The molecule has 2 N–H and O–H groups in total. The van der Waals surface area contributed by atoms with E-state index >= 15 is 0 Å². The minimum atomic E-state index is 0.788. The van der Waals surface area contributed by atoms with Crippen molar-refractivity contribution in [2.75, 3.05) is 5.73 Å². The van der Waals surface area contributed by atoms with Gasteiger partial charge in [0.05, 0.1) is 4.34 Å². The third kappa shape index (κ3) is 2.19. The summed E-state index contributed by atoms with van der Waals surface area (Å²) in [6.07, 6.45) is 0. The first-order valence-corrected chi connectivity index (χ1v) is 6.38. The Bertz CT molecular complexity index is 507. The summed E-state index contributed by atoms with van der Waals surface area (Å²) < 4.78 is 1.84. The van der Waals surface area contributed by atoms with Gasteiger partial charge in [-0.05, 0) is 36.8 Å². The van der Waals surface area contributed by atoms with Crippen LogP contribution in [0.2, 0.25) is 4.34 Å². The first kappa shape index (κ1) is 11.0. The van der Waals surface area contributed by atoms with Crippen molar-refractivity contribution in [3.63, 3.8) is 0 Å². The van der Waals surface area contributed by atoms with Gasteiger partial charge in [-0.25, -0.2) is 0 Å². The second-order valence-electron chi connectivity index (χ2n) is 3.29. The predicted molar refractivity (Wildman–Crippen MR) is 71.6 cm³/mol. The van der Waals surface area contributed by atoms with Crippen molar-refractivity contribution in [2.45, 2.75) is 6.92 Å². The first-order chi connectivity index (χ1) is 7.08. The Hall–Kier alpha value is -0.510. The average molecular weight is 303 g/mol. The highest BCUT2D eigenvalue weighted by Gasteiger charge is 2.08. The van der Waals surface area contributed by atoms with Gasteiger partial charge in [0.2, 0.25) is 0 Å². The molecular formula is C11H9BrClNS. The Morgan fingerprint density at radius 1 is 1.33 bits per heavy atom. The lowest BCUT2D eigenvalue weighted by Crippen LogP contribution is -1.90. The molecule has 0 saturated carbocycles. The largest absolute Gasteiger partial charge is 0.398 e. The van der Waals surface area contributed by atoms with Crippen molar-refractivity contribution < 1.29 is 0 Å². The molecule has 1 nitrogen and oxygen atoms in total. The fraction of sp³-hybridized carbons (Fsp3) is 0.0909. The molecule has 0 amide bonds. The number of aryl methyl sites for hydroxylation is 1. The van der Waals surface area contributed by atoms with Gasteiger partial charge in [0.25, 0.3) is 0 Å². The Labute approximate surface area is 106 Å². The Morgan fingerprint density at radius 2 is 2.07 bits per heavy atom. The van der Waals surface area contributed by atoms with Gasteiger partial charge in [-0.1, -0.05) is 27.5 Å². The van der Waals surface area contributed by atoms with E-state index in [9.17, 15) is 0 Å². The van der Waals surface area contributed by atoms with Gasteiger partial charge in [0.15, 0.2) is 0 Å². The standard InChI is InChI=1S/C11H9BrClNS/c1-6-4-8(12)7(5-9(6)14)10-2-3-11(13)15-10/h2-5H,14H2,1H3. The van der Waals surface area contributed by atoms with Crippen LogP contribution < -0.4 is 5.73 Å². The van der Waals surface area contributed by atoms with Crippen LogP contribution >= 0.6 is 38.9 Å². The van der Waals surface area contributed by atoms with Crippen molar-refractivity contribution in [1.29, 1.82) is 0 Å². The Balaban J connectivity index is 2.58. The van der Waals surface area contributed by atoms with Gasteiger partial charge in [0.1, 0.15) is 0 Å². The van der Waals surface area contributed by atoms with Gasteiger partial charge in [0, 0.05) is 20.6 Å². The number of nitrogen functional groups attached to an aromatic ring is 1. The predicted octanol–water partition coefficient (Wildman–Crippen LogP) is 4.72. The van der Waals surface area contributed by atoms with E-state index in [4.69, 9.17) is 17.3 Å². The Morgan fingerprint density at radius 3 is 2.67 bits per heavy atom. The summed E-state index contributed by atoms with van der Waals surface area (Å²) in [5, 5.41) is 0. The van der Waals surface area contributed by atoms with E-state index in [1.165, 1.54) is 0 Å². The van der Waals surface area contributed by atoms with Crippen LogP contribution in [0.3, 0.4) is 0 Å². The van der Waals surface area contributed by atoms with Gasteiger partial charge in [-0.2, -0.15) is 0 Å². The van der Waals surface area contributed by atoms with E-state index in [2.05, 4.69) is 15.9 Å². The molecular weight excluding hydrogens is 294 g/mol. The number of halogens is 2. The number of rotatable bonds is 1. The molecule has 0 atom stereocenters. The maximum Gasteiger partial charge on any atom is 0.0934 e. The van der Waals surface area contributed by atoms with Gasteiger partial charge < -0.3 is 5.73 Å². The molecule has 1 aromatic carbocycles. The minimum absolute atomic E-state index is 0.788. The summed E-state index contributed by atoms with van der Waals surface area (Å²) in [7, 11) is 0. The SMILES string of the molecule is Cc1cc(Br)c(-c2ccc(Cl)s2)cc1N. The molecule has 1 aromatic heterocycles. The zero-order valence-electron chi connectivity index (χ0n) is 8.05. The van der Waals surface area contributed by atoms with Crippen molar-refractivity contribution in [3.8, 4) is 10.4 Å². The summed E-state index contributed by atoms with van der Waals surface area (Å²) in [5.41, 5.74) is 8.86. The third-order valence-electron chi connectivity index (χ3n) is 2.19. The summed E-state index contributed by atoms with van der Waals surface area (Å²) in [6, 6.07) is 7.89. The maximum absolute atomic E-state index is 5.91. The van der Waals surface area contributed by atoms with Crippen LogP contribution in [0.5, 0.6) is 0 Å². The molecule has 2 rings (SSSR count). The van der Waals surface area contributed by atoms with Crippen molar-refractivity contribution in [1.82, 2.24) is 0 Å². The number of thiophene rings is 1. The lowest BCUT2D eigenvalue weighted by atomic mass is 10.1. The molecule has 0 aliphatic carbocycles. The highest BCUT2D eigenvalue weighted by molar-refractivity contribution is 9.10. The van der Waals surface area contributed by atoms with Crippen LogP contribution in [-0.4, -0.2) is 0 Å². The minimum Gasteiger partial charge on any atom is -0.398 e. The molecule has 0 saturated heterocycles. The quantitative estimate of drug-likeness (QED) is 0.758. The molecule has 15 heavy (non-hydrogen) atoms. The highest BCUT2D eigenvalue weighted by atomic mass is 79.9. The van der Waals surface area contributed by atoms with Crippen LogP contribution in [0, 0.1) is 6.92 Å². The number of hydrogen-bond donors (Lipinski definition) is 1. The van der Waals surface area contributed by atoms with Gasteiger partial charge in [-0.15, -0.1) is 11.3 Å². The van der Waals surface area contributed by atoms with Crippen molar-refractivity contribution in [2.24, 2.45) is 0 Å². The molecule has 0 radical (unpaired) electrons. The monoisotopic (exact) mass is 301 g/mol. The normalized spacial score (nSPS) is 10.6. The molecule has 0 bridgehead atoms. The zero-order chi connectivity index (χ0) is 11.0. The van der Waals surface area contributed by atoms with Gasteiger partial charge in [-0.3, -0.25) is 0 Å².